The quantitative estimate of drug-likeness (QED) is 0.769. The van der Waals surface area contributed by atoms with Crippen molar-refractivity contribution in [1.29, 1.82) is 0 Å². The molecule has 2 saturated carbocycles. The Morgan fingerprint density at radius 1 is 1.42 bits per heavy atom. The molecule has 3 rings (SSSR count). The molecule has 1 aliphatic heterocycles. The van der Waals surface area contributed by atoms with E-state index in [9.17, 15) is 13.2 Å². The number of carbonyl (C=O) groups excluding carboxylic acids is 1. The Balaban J connectivity index is 2.09. The molecule has 108 valence electrons. The standard InChI is InChI=1S/C13H22N2O3S/c1-8(14)11(16)15-10-6-9-4-5-13(10,12(9,2)3)7-19(15,17)18/h8-10H,4-7,14H2,1-3H3/t8-,9+,10+,13+/m0/s1. The number of carbonyl (C=O) groups is 1. The molecule has 1 heterocycles. The summed E-state index contributed by atoms with van der Waals surface area (Å²) in [5.74, 6) is 0.203. The Kier molecular flexibility index (Phi) is 2.48. The van der Waals surface area contributed by atoms with Crippen molar-refractivity contribution >= 4 is 15.9 Å². The maximum absolute atomic E-state index is 12.4. The lowest BCUT2D eigenvalue weighted by atomic mass is 9.69. The van der Waals surface area contributed by atoms with Crippen LogP contribution in [0.15, 0.2) is 0 Å². The van der Waals surface area contributed by atoms with Crippen molar-refractivity contribution in [3.8, 4) is 0 Å². The molecule has 4 atom stereocenters. The van der Waals surface area contributed by atoms with Gasteiger partial charge in [-0.3, -0.25) is 4.79 Å². The topological polar surface area (TPSA) is 80.5 Å². The second kappa shape index (κ2) is 3.52. The van der Waals surface area contributed by atoms with Crippen LogP contribution in [-0.4, -0.2) is 36.5 Å². The third-order valence-electron chi connectivity index (χ3n) is 6.02. The Labute approximate surface area is 114 Å². The van der Waals surface area contributed by atoms with E-state index in [-0.39, 0.29) is 22.6 Å². The first-order valence-electron chi connectivity index (χ1n) is 6.95. The van der Waals surface area contributed by atoms with E-state index >= 15 is 0 Å². The summed E-state index contributed by atoms with van der Waals surface area (Å²) in [5, 5.41) is 0. The van der Waals surface area contributed by atoms with Gasteiger partial charge in [0.2, 0.25) is 10.0 Å². The van der Waals surface area contributed by atoms with Crippen molar-refractivity contribution in [3.63, 3.8) is 0 Å². The van der Waals surface area contributed by atoms with Crippen molar-refractivity contribution in [3.05, 3.63) is 0 Å². The van der Waals surface area contributed by atoms with Crippen molar-refractivity contribution in [2.45, 2.75) is 52.1 Å². The first kappa shape index (κ1) is 13.4. The fourth-order valence-corrected chi connectivity index (χ4v) is 7.39. The molecule has 0 aromatic carbocycles. The van der Waals surface area contributed by atoms with Crippen molar-refractivity contribution in [1.82, 2.24) is 4.31 Å². The van der Waals surface area contributed by atoms with Gasteiger partial charge in [0.05, 0.1) is 17.8 Å². The molecule has 0 aromatic heterocycles. The van der Waals surface area contributed by atoms with E-state index in [4.69, 9.17) is 5.73 Å². The summed E-state index contributed by atoms with van der Waals surface area (Å²) in [5.41, 5.74) is 5.38. The van der Waals surface area contributed by atoms with Crippen molar-refractivity contribution in [2.24, 2.45) is 22.5 Å². The zero-order chi connectivity index (χ0) is 14.2. The number of rotatable bonds is 1. The summed E-state index contributed by atoms with van der Waals surface area (Å²) in [7, 11) is -3.50. The summed E-state index contributed by atoms with van der Waals surface area (Å²) in [6.07, 6.45) is 2.81. The summed E-state index contributed by atoms with van der Waals surface area (Å²) in [4.78, 5) is 12.2. The van der Waals surface area contributed by atoms with E-state index in [1.54, 1.807) is 6.92 Å². The third-order valence-corrected chi connectivity index (χ3v) is 7.93. The van der Waals surface area contributed by atoms with Crippen molar-refractivity contribution < 1.29 is 13.2 Å². The predicted octanol–water partition coefficient (Wildman–Crippen LogP) is 0.700. The van der Waals surface area contributed by atoms with Crippen LogP contribution in [0, 0.1) is 16.7 Å². The molecule has 1 saturated heterocycles. The van der Waals surface area contributed by atoms with Gasteiger partial charge in [0, 0.05) is 5.41 Å². The number of nitrogens with two attached hydrogens (primary N) is 1. The molecular weight excluding hydrogens is 264 g/mol. The molecule has 19 heavy (non-hydrogen) atoms. The Morgan fingerprint density at radius 3 is 2.58 bits per heavy atom. The molecule has 5 nitrogen and oxygen atoms in total. The number of nitrogens with zero attached hydrogens (tertiary/aromatic N) is 1. The predicted molar refractivity (Wildman–Crippen MR) is 71.6 cm³/mol. The van der Waals surface area contributed by atoms with E-state index in [0.717, 1.165) is 23.6 Å². The maximum atomic E-state index is 12.4. The van der Waals surface area contributed by atoms with Crippen LogP contribution in [0.1, 0.15) is 40.0 Å². The first-order valence-corrected chi connectivity index (χ1v) is 8.56. The molecule has 0 unspecified atom stereocenters. The molecule has 1 amide bonds. The fourth-order valence-electron chi connectivity index (χ4n) is 4.78. The molecule has 2 N–H and O–H groups in total. The normalized spacial score (nSPS) is 43.3. The van der Waals surface area contributed by atoms with E-state index in [1.807, 2.05) is 0 Å². The summed E-state index contributed by atoms with van der Waals surface area (Å²) < 4.78 is 26.0. The average Bonchev–Trinajstić information content (AvgIpc) is 2.74. The van der Waals surface area contributed by atoms with E-state index in [0.29, 0.717) is 5.92 Å². The monoisotopic (exact) mass is 286 g/mol. The van der Waals surface area contributed by atoms with Gasteiger partial charge in [0.25, 0.3) is 5.91 Å². The van der Waals surface area contributed by atoms with Gasteiger partial charge in [-0.1, -0.05) is 13.8 Å². The molecule has 3 fully saturated rings. The van der Waals surface area contributed by atoms with E-state index in [2.05, 4.69) is 13.8 Å². The molecule has 2 bridgehead atoms. The minimum absolute atomic E-state index is 0.00238. The van der Waals surface area contributed by atoms with Gasteiger partial charge in [-0.25, -0.2) is 12.7 Å². The highest BCUT2D eigenvalue weighted by Gasteiger charge is 2.72. The molecular formula is C13H22N2O3S. The summed E-state index contributed by atoms with van der Waals surface area (Å²) in [6, 6.07) is -0.920. The molecule has 6 heteroatoms. The minimum atomic E-state index is -3.50. The van der Waals surface area contributed by atoms with E-state index in [1.165, 1.54) is 0 Å². The second-order valence-corrected chi connectivity index (χ2v) is 8.89. The van der Waals surface area contributed by atoms with Gasteiger partial charge in [-0.15, -0.1) is 0 Å². The zero-order valence-corrected chi connectivity index (χ0v) is 12.5. The van der Waals surface area contributed by atoms with Gasteiger partial charge >= 0.3 is 0 Å². The van der Waals surface area contributed by atoms with Crippen LogP contribution in [0.4, 0.5) is 0 Å². The maximum Gasteiger partial charge on any atom is 0.252 e. The number of sulfonamides is 1. The van der Waals surface area contributed by atoms with Crippen molar-refractivity contribution in [2.75, 3.05) is 5.75 Å². The fraction of sp³-hybridized carbons (Fsp3) is 0.923. The molecule has 2 aliphatic carbocycles. The van der Waals surface area contributed by atoms with E-state index < -0.39 is 22.0 Å². The molecule has 3 aliphatic rings. The lowest BCUT2D eigenvalue weighted by Gasteiger charge is -2.37. The van der Waals surface area contributed by atoms with Crippen LogP contribution >= 0.6 is 0 Å². The highest BCUT2D eigenvalue weighted by Crippen LogP contribution is 2.69. The Morgan fingerprint density at radius 2 is 2.05 bits per heavy atom. The van der Waals surface area contributed by atoms with Gasteiger partial charge in [0.15, 0.2) is 0 Å². The van der Waals surface area contributed by atoms with Crippen LogP contribution in [0.25, 0.3) is 0 Å². The highest BCUT2D eigenvalue weighted by atomic mass is 32.2. The number of hydrogen-bond donors (Lipinski definition) is 1. The Bertz CT molecular complexity index is 540. The lowest BCUT2D eigenvalue weighted by molar-refractivity contribution is -0.130. The SMILES string of the molecule is C[C@H](N)C(=O)N1[C@@H]2C[C@H]3CC[C@]2(CS1(=O)=O)C3(C)C. The largest absolute Gasteiger partial charge is 0.320 e. The molecule has 0 aromatic rings. The van der Waals surface area contributed by atoms with Crippen LogP contribution < -0.4 is 5.73 Å². The highest BCUT2D eigenvalue weighted by molar-refractivity contribution is 7.90. The lowest BCUT2D eigenvalue weighted by Crippen LogP contribution is -2.49. The number of amides is 1. The van der Waals surface area contributed by atoms with Crippen LogP contribution in [0.3, 0.4) is 0 Å². The van der Waals surface area contributed by atoms with Gasteiger partial charge in [-0.2, -0.15) is 0 Å². The number of fused-ring (bicyclic) bond motifs is 1. The second-order valence-electron chi connectivity index (χ2n) is 7.04. The van der Waals surface area contributed by atoms with Crippen LogP contribution in [0.5, 0.6) is 0 Å². The zero-order valence-electron chi connectivity index (χ0n) is 11.7. The number of hydrogen-bond acceptors (Lipinski definition) is 4. The Hall–Kier alpha value is -0.620. The third kappa shape index (κ3) is 1.39. The first-order chi connectivity index (χ1) is 8.63. The van der Waals surface area contributed by atoms with Crippen LogP contribution in [0.2, 0.25) is 0 Å². The van der Waals surface area contributed by atoms with Gasteiger partial charge in [0.1, 0.15) is 0 Å². The van der Waals surface area contributed by atoms with Gasteiger partial charge in [-0.05, 0) is 37.5 Å². The average molecular weight is 286 g/mol. The smallest absolute Gasteiger partial charge is 0.252 e. The minimum Gasteiger partial charge on any atom is -0.320 e. The molecule has 1 spiro atoms. The summed E-state index contributed by atoms with van der Waals surface area (Å²) in [6.45, 7) is 5.89. The molecule has 0 radical (unpaired) electrons. The van der Waals surface area contributed by atoms with Gasteiger partial charge < -0.3 is 5.73 Å². The van der Waals surface area contributed by atoms with Crippen LogP contribution in [-0.2, 0) is 14.8 Å². The summed E-state index contributed by atoms with van der Waals surface area (Å²) >= 11 is 0.